The molecule has 3 heterocycles. The van der Waals surface area contributed by atoms with Crippen molar-refractivity contribution >= 4 is 45.8 Å². The summed E-state index contributed by atoms with van der Waals surface area (Å²) in [6.45, 7) is 0. The molecule has 7 nitrogen and oxygen atoms in total. The number of carbonyl (C=O) groups excluding carboxylic acids is 1. The van der Waals surface area contributed by atoms with E-state index in [2.05, 4.69) is 15.5 Å². The minimum absolute atomic E-state index is 0.183. The van der Waals surface area contributed by atoms with Crippen molar-refractivity contribution in [3.8, 4) is 11.3 Å². The molecular weight excluding hydrogens is 418 g/mol. The minimum atomic E-state index is -0.475. The molecule has 0 unspecified atom stereocenters. The Bertz CT molecular complexity index is 1480. The second-order valence-corrected chi connectivity index (χ2v) is 7.23. The zero-order chi connectivity index (χ0) is 21.4. The SMILES string of the molecule is O=C(N/N=C/c1coc2ccc(Cl)cc2c1=O)c1cc2oc(-c3ccccc3)cc2[nH]1. The fourth-order valence-electron chi connectivity index (χ4n) is 3.22. The smallest absolute Gasteiger partial charge is 0.287 e. The number of aromatic nitrogens is 1. The average Bonchev–Trinajstić information content (AvgIpc) is 3.36. The van der Waals surface area contributed by atoms with E-state index in [1.54, 1.807) is 18.2 Å². The lowest BCUT2D eigenvalue weighted by Crippen LogP contribution is -2.19. The molecule has 0 aliphatic carbocycles. The average molecular weight is 432 g/mol. The van der Waals surface area contributed by atoms with Crippen molar-refractivity contribution in [2.24, 2.45) is 5.10 Å². The van der Waals surface area contributed by atoms with Crippen LogP contribution in [0.4, 0.5) is 0 Å². The molecule has 2 N–H and O–H groups in total. The van der Waals surface area contributed by atoms with E-state index in [0.717, 1.165) is 5.56 Å². The summed E-state index contributed by atoms with van der Waals surface area (Å²) < 4.78 is 11.2. The Hall–Kier alpha value is -4.10. The van der Waals surface area contributed by atoms with Crippen molar-refractivity contribution < 1.29 is 13.6 Å². The molecular formula is C23H14ClN3O4. The number of halogens is 1. The lowest BCUT2D eigenvalue weighted by atomic mass is 10.2. The maximum Gasteiger partial charge on any atom is 0.287 e. The number of amides is 1. The van der Waals surface area contributed by atoms with Gasteiger partial charge in [-0.3, -0.25) is 9.59 Å². The molecule has 0 aliphatic rings. The van der Waals surface area contributed by atoms with E-state index < -0.39 is 5.91 Å². The van der Waals surface area contributed by atoms with Gasteiger partial charge in [-0.25, -0.2) is 5.43 Å². The molecule has 5 rings (SSSR count). The second-order valence-electron chi connectivity index (χ2n) is 6.80. The molecule has 31 heavy (non-hydrogen) atoms. The highest BCUT2D eigenvalue weighted by molar-refractivity contribution is 6.31. The van der Waals surface area contributed by atoms with Crippen molar-refractivity contribution in [3.63, 3.8) is 0 Å². The van der Waals surface area contributed by atoms with Gasteiger partial charge in [0.2, 0.25) is 5.43 Å². The van der Waals surface area contributed by atoms with Crippen molar-refractivity contribution in [1.82, 2.24) is 10.4 Å². The first-order valence-electron chi connectivity index (χ1n) is 9.31. The quantitative estimate of drug-likeness (QED) is 0.310. The molecule has 2 aromatic carbocycles. The van der Waals surface area contributed by atoms with Gasteiger partial charge in [0.15, 0.2) is 5.58 Å². The first-order valence-corrected chi connectivity index (χ1v) is 9.69. The Morgan fingerprint density at radius 1 is 1.06 bits per heavy atom. The van der Waals surface area contributed by atoms with Gasteiger partial charge in [-0.2, -0.15) is 5.10 Å². The summed E-state index contributed by atoms with van der Waals surface area (Å²) >= 11 is 5.94. The number of hydrazone groups is 1. The third-order valence-corrected chi connectivity index (χ3v) is 4.97. The topological polar surface area (TPSA) is 101 Å². The largest absolute Gasteiger partial charge is 0.463 e. The fourth-order valence-corrected chi connectivity index (χ4v) is 3.39. The van der Waals surface area contributed by atoms with Gasteiger partial charge in [-0.1, -0.05) is 41.9 Å². The third-order valence-electron chi connectivity index (χ3n) is 4.74. The number of hydrogen-bond acceptors (Lipinski definition) is 5. The van der Waals surface area contributed by atoms with E-state index in [4.69, 9.17) is 20.4 Å². The Kier molecular flexibility index (Phi) is 4.65. The number of aromatic amines is 1. The van der Waals surface area contributed by atoms with Gasteiger partial charge >= 0.3 is 0 Å². The summed E-state index contributed by atoms with van der Waals surface area (Å²) in [5.41, 5.74) is 5.16. The van der Waals surface area contributed by atoms with Crippen molar-refractivity contribution in [2.75, 3.05) is 0 Å². The summed E-state index contributed by atoms with van der Waals surface area (Å²) in [7, 11) is 0. The zero-order valence-electron chi connectivity index (χ0n) is 15.9. The highest BCUT2D eigenvalue weighted by Crippen LogP contribution is 2.28. The van der Waals surface area contributed by atoms with Crippen LogP contribution in [0.5, 0.6) is 0 Å². The first-order chi connectivity index (χ1) is 15.1. The number of rotatable bonds is 4. The molecule has 5 aromatic rings. The summed E-state index contributed by atoms with van der Waals surface area (Å²) in [6, 6.07) is 17.9. The van der Waals surface area contributed by atoms with Crippen LogP contribution in [0.25, 0.3) is 33.4 Å². The first kappa shape index (κ1) is 18.9. The standard InChI is InChI=1S/C23H14ClN3O4/c24-15-6-7-19-16(8-15)22(28)14(12-30-19)11-25-27-23(29)18-10-21-17(26-18)9-20(31-21)13-4-2-1-3-5-13/h1-12,26H,(H,27,29)/b25-11+. The molecule has 0 atom stereocenters. The Morgan fingerprint density at radius 3 is 2.71 bits per heavy atom. The van der Waals surface area contributed by atoms with E-state index >= 15 is 0 Å². The lowest BCUT2D eigenvalue weighted by molar-refractivity contribution is 0.0951. The molecule has 3 aromatic heterocycles. The molecule has 0 spiro atoms. The van der Waals surface area contributed by atoms with Crippen LogP contribution in [0, 0.1) is 0 Å². The van der Waals surface area contributed by atoms with Crippen LogP contribution in [-0.2, 0) is 0 Å². The number of benzene rings is 2. The van der Waals surface area contributed by atoms with E-state index in [1.807, 2.05) is 36.4 Å². The molecule has 152 valence electrons. The summed E-state index contributed by atoms with van der Waals surface area (Å²) in [5, 5.41) is 4.62. The number of furan rings is 1. The van der Waals surface area contributed by atoms with Crippen LogP contribution in [-0.4, -0.2) is 17.1 Å². The highest BCUT2D eigenvalue weighted by atomic mass is 35.5. The normalized spacial score (nSPS) is 11.5. The van der Waals surface area contributed by atoms with E-state index in [9.17, 15) is 9.59 Å². The molecule has 0 fully saturated rings. The van der Waals surface area contributed by atoms with Crippen molar-refractivity contribution in [3.05, 3.63) is 93.4 Å². The number of nitrogens with one attached hydrogen (secondary N) is 2. The van der Waals surface area contributed by atoms with Gasteiger partial charge < -0.3 is 13.8 Å². The van der Waals surface area contributed by atoms with Crippen molar-refractivity contribution in [2.45, 2.75) is 0 Å². The Morgan fingerprint density at radius 2 is 1.90 bits per heavy atom. The minimum Gasteiger partial charge on any atom is -0.463 e. The van der Waals surface area contributed by atoms with Gasteiger partial charge in [0.25, 0.3) is 5.91 Å². The summed E-state index contributed by atoms with van der Waals surface area (Å²) in [5.74, 6) is 0.229. The number of carbonyl (C=O) groups is 1. The second kappa shape index (κ2) is 7.62. The molecule has 1 amide bonds. The Labute approximate surface area is 179 Å². The van der Waals surface area contributed by atoms with Crippen LogP contribution in [0.2, 0.25) is 5.02 Å². The lowest BCUT2D eigenvalue weighted by Gasteiger charge is -1.99. The number of nitrogens with zero attached hydrogens (tertiary/aromatic N) is 1. The molecule has 0 radical (unpaired) electrons. The third kappa shape index (κ3) is 3.62. The van der Waals surface area contributed by atoms with Crippen LogP contribution in [0.1, 0.15) is 16.1 Å². The number of H-pyrrole nitrogens is 1. The van der Waals surface area contributed by atoms with Crippen LogP contribution in [0.3, 0.4) is 0 Å². The highest BCUT2D eigenvalue weighted by Gasteiger charge is 2.14. The number of hydrogen-bond donors (Lipinski definition) is 2. The molecule has 0 bridgehead atoms. The van der Waals surface area contributed by atoms with E-state index in [1.165, 1.54) is 18.5 Å². The predicted molar refractivity (Wildman–Crippen MR) is 119 cm³/mol. The zero-order valence-corrected chi connectivity index (χ0v) is 16.6. The number of fused-ring (bicyclic) bond motifs is 2. The Balaban J connectivity index is 1.33. The van der Waals surface area contributed by atoms with Crippen LogP contribution >= 0.6 is 11.6 Å². The van der Waals surface area contributed by atoms with Gasteiger partial charge in [0.05, 0.1) is 22.7 Å². The maximum atomic E-state index is 12.5. The van der Waals surface area contributed by atoms with Gasteiger partial charge in [0.1, 0.15) is 23.3 Å². The van der Waals surface area contributed by atoms with Crippen molar-refractivity contribution in [1.29, 1.82) is 0 Å². The molecule has 0 saturated carbocycles. The molecule has 0 saturated heterocycles. The monoisotopic (exact) mass is 431 g/mol. The van der Waals surface area contributed by atoms with Gasteiger partial charge in [-0.15, -0.1) is 0 Å². The van der Waals surface area contributed by atoms with E-state index in [0.29, 0.717) is 32.9 Å². The molecule has 0 aliphatic heterocycles. The summed E-state index contributed by atoms with van der Waals surface area (Å²) in [6.07, 6.45) is 2.51. The van der Waals surface area contributed by atoms with E-state index in [-0.39, 0.29) is 16.7 Å². The van der Waals surface area contributed by atoms with Crippen LogP contribution in [0.15, 0.2) is 85.7 Å². The van der Waals surface area contributed by atoms with Crippen LogP contribution < -0.4 is 10.9 Å². The maximum absolute atomic E-state index is 12.5. The predicted octanol–water partition coefficient (Wildman–Crippen LogP) is 4.95. The molecule has 8 heteroatoms. The summed E-state index contributed by atoms with van der Waals surface area (Å²) in [4.78, 5) is 27.9. The van der Waals surface area contributed by atoms with Gasteiger partial charge in [0, 0.05) is 22.7 Å². The fraction of sp³-hybridized carbons (Fsp3) is 0. The van der Waals surface area contributed by atoms with Gasteiger partial charge in [-0.05, 0) is 18.2 Å².